The molecule has 128 valence electrons. The van der Waals surface area contributed by atoms with Gasteiger partial charge in [0.15, 0.2) is 5.65 Å². The third kappa shape index (κ3) is 2.71. The van der Waals surface area contributed by atoms with E-state index in [1.54, 1.807) is 4.90 Å². The monoisotopic (exact) mass is 347 g/mol. The minimum atomic E-state index is -4.52. The number of nitrogens with zero attached hydrogens (tertiary/aromatic N) is 5. The number of carbonyl (C=O) groups excluding carboxylic acids is 1. The molecule has 6 nitrogen and oxygen atoms in total. The predicted molar refractivity (Wildman–Crippen MR) is 80.9 cm³/mol. The van der Waals surface area contributed by atoms with Gasteiger partial charge in [-0.25, -0.2) is 0 Å². The highest BCUT2D eigenvalue weighted by Crippen LogP contribution is 2.29. The third-order valence-corrected chi connectivity index (χ3v) is 4.17. The number of rotatable bonds is 2. The number of halogens is 3. The molecule has 0 saturated carbocycles. The molecule has 3 aromatic rings. The molecule has 0 N–H and O–H groups in total. The van der Waals surface area contributed by atoms with Gasteiger partial charge < -0.3 is 4.90 Å². The fraction of sp³-hybridized carbons (Fsp3) is 0.250. The Bertz CT molecular complexity index is 929. The maximum absolute atomic E-state index is 12.5. The summed E-state index contributed by atoms with van der Waals surface area (Å²) in [5.41, 5.74) is -0.146. The second kappa shape index (κ2) is 5.54. The van der Waals surface area contributed by atoms with E-state index in [1.165, 1.54) is 0 Å². The number of carbonyl (C=O) groups is 1. The molecule has 0 bridgehead atoms. The van der Waals surface area contributed by atoms with Crippen LogP contribution >= 0.6 is 0 Å². The molecule has 1 saturated heterocycles. The highest BCUT2D eigenvalue weighted by atomic mass is 19.4. The normalized spacial score (nSPS) is 15.4. The van der Waals surface area contributed by atoms with Crippen molar-refractivity contribution >= 4 is 11.6 Å². The van der Waals surface area contributed by atoms with E-state index >= 15 is 0 Å². The molecular weight excluding hydrogens is 335 g/mol. The van der Waals surface area contributed by atoms with E-state index in [0.717, 1.165) is 29.8 Å². The van der Waals surface area contributed by atoms with Crippen LogP contribution in [-0.2, 0) is 6.18 Å². The Morgan fingerprint density at radius 3 is 2.60 bits per heavy atom. The molecule has 0 radical (unpaired) electrons. The van der Waals surface area contributed by atoms with Gasteiger partial charge in [-0.1, -0.05) is 6.07 Å². The minimum absolute atomic E-state index is 0.0451. The summed E-state index contributed by atoms with van der Waals surface area (Å²) in [6.07, 6.45) is -1.70. The molecule has 9 heteroatoms. The van der Waals surface area contributed by atoms with E-state index in [-0.39, 0.29) is 17.4 Å². The molecule has 0 unspecified atom stereocenters. The minimum Gasteiger partial charge on any atom is -0.337 e. The molecule has 25 heavy (non-hydrogen) atoms. The lowest BCUT2D eigenvalue weighted by molar-refractivity contribution is -0.141. The summed E-state index contributed by atoms with van der Waals surface area (Å²) in [5.74, 6) is 0.472. The van der Waals surface area contributed by atoms with Gasteiger partial charge in [0.1, 0.15) is 11.5 Å². The Morgan fingerprint density at radius 2 is 1.92 bits per heavy atom. The second-order valence-corrected chi connectivity index (χ2v) is 5.82. The first-order valence-corrected chi connectivity index (χ1v) is 7.55. The van der Waals surface area contributed by atoms with Crippen LogP contribution in [0, 0.1) is 0 Å². The van der Waals surface area contributed by atoms with Crippen LogP contribution < -0.4 is 0 Å². The summed E-state index contributed by atoms with van der Waals surface area (Å²) in [6, 6.07) is 7.54. The summed E-state index contributed by atoms with van der Waals surface area (Å²) in [7, 11) is 0. The van der Waals surface area contributed by atoms with E-state index in [1.807, 2.05) is 28.8 Å². The number of amides is 1. The number of aromatic nitrogens is 4. The van der Waals surface area contributed by atoms with Crippen LogP contribution in [0.1, 0.15) is 27.8 Å². The van der Waals surface area contributed by atoms with Crippen molar-refractivity contribution in [1.29, 1.82) is 0 Å². The molecule has 0 aliphatic carbocycles. The second-order valence-electron chi connectivity index (χ2n) is 5.82. The average molecular weight is 347 g/mol. The van der Waals surface area contributed by atoms with Gasteiger partial charge in [-0.3, -0.25) is 14.2 Å². The van der Waals surface area contributed by atoms with Crippen LogP contribution in [-0.4, -0.2) is 43.5 Å². The molecule has 1 fully saturated rings. The van der Waals surface area contributed by atoms with Gasteiger partial charge in [0.2, 0.25) is 0 Å². The molecule has 0 atom stereocenters. The zero-order valence-corrected chi connectivity index (χ0v) is 12.8. The molecule has 3 aromatic heterocycles. The van der Waals surface area contributed by atoms with Crippen LogP contribution in [0.15, 0.2) is 42.7 Å². The Kier molecular flexibility index (Phi) is 3.45. The van der Waals surface area contributed by atoms with Crippen molar-refractivity contribution in [1.82, 2.24) is 24.5 Å². The number of hydrogen-bond acceptors (Lipinski definition) is 4. The van der Waals surface area contributed by atoms with Crippen LogP contribution in [0.3, 0.4) is 0 Å². The number of alkyl halides is 3. The average Bonchev–Trinajstić information content (AvgIpc) is 2.97. The zero-order chi connectivity index (χ0) is 17.6. The van der Waals surface area contributed by atoms with E-state index in [2.05, 4.69) is 15.2 Å². The lowest BCUT2D eigenvalue weighted by Gasteiger charge is -2.38. The van der Waals surface area contributed by atoms with Crippen molar-refractivity contribution in [2.24, 2.45) is 0 Å². The van der Waals surface area contributed by atoms with Gasteiger partial charge in [-0.2, -0.15) is 13.2 Å². The summed E-state index contributed by atoms with van der Waals surface area (Å²) in [6.45, 7) is 0.880. The fourth-order valence-electron chi connectivity index (χ4n) is 2.82. The molecule has 4 heterocycles. The number of fused-ring (bicyclic) bond motifs is 1. The highest BCUT2D eigenvalue weighted by molar-refractivity contribution is 5.94. The Hall–Kier alpha value is -2.97. The summed E-state index contributed by atoms with van der Waals surface area (Å²) in [5, 5.41) is 8.24. The lowest BCUT2D eigenvalue weighted by atomic mass is 9.98. The standard InChI is InChI=1S/C16H12F3N5O/c17-16(18,19)12-5-4-10(7-20-12)15(25)23-8-11(9-23)14-22-21-13-3-1-2-6-24(13)14/h1-7,11H,8-9H2. The number of likely N-dealkylation sites (tertiary alicyclic amines) is 1. The molecular formula is C16H12F3N5O. The fourth-order valence-corrected chi connectivity index (χ4v) is 2.82. The largest absolute Gasteiger partial charge is 0.433 e. The highest BCUT2D eigenvalue weighted by Gasteiger charge is 2.36. The van der Waals surface area contributed by atoms with Crippen LogP contribution in [0.5, 0.6) is 0 Å². The van der Waals surface area contributed by atoms with E-state index in [9.17, 15) is 18.0 Å². The van der Waals surface area contributed by atoms with Crippen molar-refractivity contribution in [2.75, 3.05) is 13.1 Å². The first-order chi connectivity index (χ1) is 11.9. The quantitative estimate of drug-likeness (QED) is 0.714. The lowest BCUT2D eigenvalue weighted by Crippen LogP contribution is -2.49. The van der Waals surface area contributed by atoms with Crippen LogP contribution in [0.2, 0.25) is 0 Å². The van der Waals surface area contributed by atoms with Gasteiger partial charge in [-0.05, 0) is 24.3 Å². The van der Waals surface area contributed by atoms with Crippen LogP contribution in [0.4, 0.5) is 13.2 Å². The number of pyridine rings is 2. The maximum atomic E-state index is 12.5. The van der Waals surface area contributed by atoms with E-state index in [0.29, 0.717) is 13.1 Å². The molecule has 0 aromatic carbocycles. The smallest absolute Gasteiger partial charge is 0.337 e. The van der Waals surface area contributed by atoms with Gasteiger partial charge in [-0.15, -0.1) is 10.2 Å². The van der Waals surface area contributed by atoms with E-state index in [4.69, 9.17) is 0 Å². The van der Waals surface area contributed by atoms with Crippen molar-refractivity contribution < 1.29 is 18.0 Å². The first kappa shape index (κ1) is 15.6. The van der Waals surface area contributed by atoms with Crippen molar-refractivity contribution in [3.63, 3.8) is 0 Å². The Balaban J connectivity index is 1.46. The van der Waals surface area contributed by atoms with Crippen molar-refractivity contribution in [3.05, 3.63) is 59.8 Å². The molecule has 1 aliphatic heterocycles. The molecule has 0 spiro atoms. The molecule has 4 rings (SSSR count). The first-order valence-electron chi connectivity index (χ1n) is 7.55. The van der Waals surface area contributed by atoms with E-state index < -0.39 is 11.9 Å². The van der Waals surface area contributed by atoms with Gasteiger partial charge in [0, 0.05) is 25.5 Å². The summed E-state index contributed by atoms with van der Waals surface area (Å²) < 4.78 is 39.4. The predicted octanol–water partition coefficient (Wildman–Crippen LogP) is 2.38. The topological polar surface area (TPSA) is 63.4 Å². The van der Waals surface area contributed by atoms with Gasteiger partial charge in [0.05, 0.1) is 11.5 Å². The Labute approximate surface area is 139 Å². The van der Waals surface area contributed by atoms with Gasteiger partial charge in [0.25, 0.3) is 5.91 Å². The van der Waals surface area contributed by atoms with Crippen molar-refractivity contribution in [3.8, 4) is 0 Å². The summed E-state index contributed by atoms with van der Waals surface area (Å²) >= 11 is 0. The number of hydrogen-bond donors (Lipinski definition) is 0. The zero-order valence-electron chi connectivity index (χ0n) is 12.8. The van der Waals surface area contributed by atoms with Crippen molar-refractivity contribution in [2.45, 2.75) is 12.1 Å². The molecule has 1 aliphatic rings. The maximum Gasteiger partial charge on any atom is 0.433 e. The van der Waals surface area contributed by atoms with Gasteiger partial charge >= 0.3 is 6.18 Å². The third-order valence-electron chi connectivity index (χ3n) is 4.17. The van der Waals surface area contributed by atoms with Crippen LogP contribution in [0.25, 0.3) is 5.65 Å². The SMILES string of the molecule is O=C(c1ccc(C(F)(F)F)nc1)N1CC(c2nnc3ccccn23)C1. The Morgan fingerprint density at radius 1 is 1.12 bits per heavy atom. The summed E-state index contributed by atoms with van der Waals surface area (Å²) in [4.78, 5) is 17.2. The molecule has 1 amide bonds.